The van der Waals surface area contributed by atoms with Gasteiger partial charge in [-0.3, -0.25) is 9.48 Å². The van der Waals surface area contributed by atoms with Crippen molar-refractivity contribution in [1.82, 2.24) is 44.7 Å². The molecule has 5 rings (SSSR count). The quantitative estimate of drug-likeness (QED) is 0.471. The number of fused-ring (bicyclic) bond motifs is 1. The van der Waals surface area contributed by atoms with E-state index in [1.165, 1.54) is 0 Å². The Bertz CT molecular complexity index is 1340. The molecule has 1 N–H and O–H groups in total. The highest BCUT2D eigenvalue weighted by Crippen LogP contribution is 2.31. The fourth-order valence-corrected chi connectivity index (χ4v) is 4.61. The SMILES string of the molecule is C[C@@H]1C[C@H](CNC(=O)c2cn(C(C)(C)C)nn2)CCN1c1nc(-c2cnn(C)c2)cn2nccc12. The summed E-state index contributed by atoms with van der Waals surface area (Å²) in [4.78, 5) is 20.0. The van der Waals surface area contributed by atoms with Crippen LogP contribution in [0.5, 0.6) is 0 Å². The molecule has 5 heterocycles. The van der Waals surface area contributed by atoms with Gasteiger partial charge in [0.2, 0.25) is 0 Å². The number of rotatable bonds is 5. The second-order valence-electron chi connectivity index (χ2n) is 10.4. The minimum atomic E-state index is -0.211. The molecule has 1 aliphatic rings. The van der Waals surface area contributed by atoms with Crippen LogP contribution in [0.3, 0.4) is 0 Å². The van der Waals surface area contributed by atoms with Crippen LogP contribution in [-0.2, 0) is 12.6 Å². The van der Waals surface area contributed by atoms with Crippen molar-refractivity contribution in [2.75, 3.05) is 18.0 Å². The van der Waals surface area contributed by atoms with Crippen LogP contribution >= 0.6 is 0 Å². The van der Waals surface area contributed by atoms with Crippen molar-refractivity contribution in [3.63, 3.8) is 0 Å². The van der Waals surface area contributed by atoms with Gasteiger partial charge in [0.15, 0.2) is 11.5 Å². The van der Waals surface area contributed by atoms with Crippen LogP contribution < -0.4 is 10.2 Å². The third-order valence-corrected chi connectivity index (χ3v) is 6.59. The molecular weight excluding hydrogens is 444 g/mol. The molecule has 35 heavy (non-hydrogen) atoms. The van der Waals surface area contributed by atoms with E-state index in [0.29, 0.717) is 18.2 Å². The number of amides is 1. The molecule has 1 amide bonds. The predicted octanol–water partition coefficient (Wildman–Crippen LogP) is 2.51. The van der Waals surface area contributed by atoms with E-state index in [2.05, 4.69) is 37.6 Å². The van der Waals surface area contributed by atoms with E-state index in [4.69, 9.17) is 4.98 Å². The van der Waals surface area contributed by atoms with Gasteiger partial charge in [0.05, 0.1) is 36.0 Å². The van der Waals surface area contributed by atoms with Crippen LogP contribution in [0.15, 0.2) is 37.1 Å². The number of aryl methyl sites for hydroxylation is 1. The molecule has 2 atom stereocenters. The Balaban J connectivity index is 1.27. The van der Waals surface area contributed by atoms with Crippen LogP contribution in [0, 0.1) is 5.92 Å². The summed E-state index contributed by atoms with van der Waals surface area (Å²) in [6.45, 7) is 9.76. The number of hydrogen-bond donors (Lipinski definition) is 1. The number of nitrogens with zero attached hydrogens (tertiary/aromatic N) is 9. The highest BCUT2D eigenvalue weighted by molar-refractivity contribution is 5.91. The Kier molecular flexibility index (Phi) is 5.78. The van der Waals surface area contributed by atoms with Gasteiger partial charge in [-0.15, -0.1) is 5.10 Å². The molecule has 4 aromatic heterocycles. The summed E-state index contributed by atoms with van der Waals surface area (Å²) in [5.74, 6) is 1.13. The summed E-state index contributed by atoms with van der Waals surface area (Å²) in [5, 5.41) is 19.9. The number of piperidine rings is 1. The molecule has 0 aromatic carbocycles. The first-order chi connectivity index (χ1) is 16.7. The first-order valence-corrected chi connectivity index (χ1v) is 12.0. The average Bonchev–Trinajstić information content (AvgIpc) is 3.56. The molecular formula is C24H32N10O. The molecule has 0 unspecified atom stereocenters. The average molecular weight is 477 g/mol. The lowest BCUT2D eigenvalue weighted by Crippen LogP contribution is -2.44. The molecule has 184 valence electrons. The van der Waals surface area contributed by atoms with Crippen LogP contribution in [0.4, 0.5) is 5.82 Å². The number of aromatic nitrogens is 8. The van der Waals surface area contributed by atoms with Crippen molar-refractivity contribution in [2.24, 2.45) is 13.0 Å². The molecule has 11 heteroatoms. The Hall–Kier alpha value is -3.76. The van der Waals surface area contributed by atoms with Crippen molar-refractivity contribution < 1.29 is 4.79 Å². The van der Waals surface area contributed by atoms with Gasteiger partial charge in [-0.1, -0.05) is 5.21 Å². The summed E-state index contributed by atoms with van der Waals surface area (Å²) in [6, 6.07) is 2.27. The van der Waals surface area contributed by atoms with Crippen LogP contribution in [0.1, 0.15) is 51.0 Å². The molecule has 1 aliphatic heterocycles. The second kappa shape index (κ2) is 8.79. The van der Waals surface area contributed by atoms with Gasteiger partial charge in [0.1, 0.15) is 5.52 Å². The van der Waals surface area contributed by atoms with E-state index in [1.807, 2.05) is 57.0 Å². The normalized spacial score (nSPS) is 18.8. The fraction of sp³-hybridized carbons (Fsp3) is 0.500. The number of carbonyl (C=O) groups excluding carboxylic acids is 1. The maximum atomic E-state index is 12.6. The van der Waals surface area contributed by atoms with Crippen molar-refractivity contribution in [3.8, 4) is 11.3 Å². The summed E-state index contributed by atoms with van der Waals surface area (Å²) in [6.07, 6.45) is 11.1. The van der Waals surface area contributed by atoms with E-state index in [9.17, 15) is 4.79 Å². The van der Waals surface area contributed by atoms with Crippen molar-refractivity contribution in [2.45, 2.75) is 52.1 Å². The fourth-order valence-electron chi connectivity index (χ4n) is 4.61. The minimum Gasteiger partial charge on any atom is -0.352 e. The van der Waals surface area contributed by atoms with Gasteiger partial charge < -0.3 is 10.2 Å². The molecule has 0 saturated carbocycles. The number of hydrogen-bond acceptors (Lipinski definition) is 7. The lowest BCUT2D eigenvalue weighted by Gasteiger charge is -2.39. The first-order valence-electron chi connectivity index (χ1n) is 12.0. The minimum absolute atomic E-state index is 0.178. The zero-order chi connectivity index (χ0) is 24.7. The zero-order valence-electron chi connectivity index (χ0n) is 20.9. The third kappa shape index (κ3) is 4.62. The lowest BCUT2D eigenvalue weighted by atomic mass is 9.91. The highest BCUT2D eigenvalue weighted by Gasteiger charge is 2.29. The Labute approximate surface area is 204 Å². The van der Waals surface area contributed by atoms with Crippen LogP contribution in [0.25, 0.3) is 16.8 Å². The smallest absolute Gasteiger partial charge is 0.273 e. The van der Waals surface area contributed by atoms with E-state index in [-0.39, 0.29) is 17.5 Å². The van der Waals surface area contributed by atoms with Gasteiger partial charge in [-0.2, -0.15) is 10.2 Å². The number of anilines is 1. The van der Waals surface area contributed by atoms with E-state index >= 15 is 0 Å². The molecule has 0 aliphatic carbocycles. The van der Waals surface area contributed by atoms with E-state index in [0.717, 1.165) is 42.0 Å². The second-order valence-corrected chi connectivity index (χ2v) is 10.4. The number of nitrogens with one attached hydrogen (secondary N) is 1. The van der Waals surface area contributed by atoms with E-state index < -0.39 is 0 Å². The van der Waals surface area contributed by atoms with Crippen LogP contribution in [0.2, 0.25) is 0 Å². The molecule has 4 aromatic rings. The first kappa shape index (κ1) is 23.0. The molecule has 1 saturated heterocycles. The maximum absolute atomic E-state index is 12.6. The Morgan fingerprint density at radius 1 is 1.20 bits per heavy atom. The van der Waals surface area contributed by atoms with Gasteiger partial charge in [0.25, 0.3) is 5.91 Å². The van der Waals surface area contributed by atoms with Crippen molar-refractivity contribution >= 4 is 17.2 Å². The standard InChI is InChI=1S/C24H32N10O/c1-16-10-17(11-25-23(35)20-15-34(30-29-20)24(2,3)4)7-9-32(16)22-21-6-8-26-33(21)14-19(28-22)18-12-27-31(5)13-18/h6,8,12-17H,7,9-11H2,1-5H3,(H,25,35)/t16-,17-/m1/s1. The highest BCUT2D eigenvalue weighted by atomic mass is 16.2. The summed E-state index contributed by atoms with van der Waals surface area (Å²) < 4.78 is 5.37. The van der Waals surface area contributed by atoms with Gasteiger partial charge in [-0.25, -0.2) is 14.2 Å². The predicted molar refractivity (Wildman–Crippen MR) is 132 cm³/mol. The number of carbonyl (C=O) groups is 1. The third-order valence-electron chi connectivity index (χ3n) is 6.59. The van der Waals surface area contributed by atoms with Gasteiger partial charge in [0, 0.05) is 37.9 Å². The summed E-state index contributed by atoms with van der Waals surface area (Å²) >= 11 is 0. The topological polar surface area (TPSA) is 111 Å². The molecule has 0 radical (unpaired) electrons. The van der Waals surface area contributed by atoms with Crippen molar-refractivity contribution in [1.29, 1.82) is 0 Å². The van der Waals surface area contributed by atoms with Gasteiger partial charge in [-0.05, 0) is 52.5 Å². The molecule has 11 nitrogen and oxygen atoms in total. The summed E-state index contributed by atoms with van der Waals surface area (Å²) in [5.41, 5.74) is 2.92. The Morgan fingerprint density at radius 3 is 2.71 bits per heavy atom. The van der Waals surface area contributed by atoms with Gasteiger partial charge >= 0.3 is 0 Å². The zero-order valence-corrected chi connectivity index (χ0v) is 20.9. The van der Waals surface area contributed by atoms with Crippen LogP contribution in [-0.4, -0.2) is 64.4 Å². The molecule has 0 bridgehead atoms. The summed E-state index contributed by atoms with van der Waals surface area (Å²) in [7, 11) is 1.90. The molecule has 0 spiro atoms. The van der Waals surface area contributed by atoms with Crippen molar-refractivity contribution in [3.05, 3.63) is 42.7 Å². The maximum Gasteiger partial charge on any atom is 0.273 e. The van der Waals surface area contributed by atoms with E-state index in [1.54, 1.807) is 21.8 Å². The largest absolute Gasteiger partial charge is 0.352 e. The lowest BCUT2D eigenvalue weighted by molar-refractivity contribution is 0.0938. The monoisotopic (exact) mass is 476 g/mol. The Morgan fingerprint density at radius 2 is 2.03 bits per heavy atom. The molecule has 1 fully saturated rings.